The zero-order valence-electron chi connectivity index (χ0n) is 7.65. The number of aliphatic carboxylic acids is 1. The van der Waals surface area contributed by atoms with Gasteiger partial charge in [-0.2, -0.15) is 0 Å². The molecule has 0 spiro atoms. The Morgan fingerprint density at radius 1 is 1.86 bits per heavy atom. The molecule has 76 valence electrons. The van der Waals surface area contributed by atoms with E-state index in [-0.39, 0.29) is 12.2 Å². The van der Waals surface area contributed by atoms with Crippen LogP contribution in [0.3, 0.4) is 0 Å². The Kier molecular flexibility index (Phi) is 2.85. The molecule has 6 heteroatoms. The van der Waals surface area contributed by atoms with Crippen LogP contribution in [0.4, 0.5) is 0 Å². The standard InChI is InChI=1S/C8H11N3O3/c1-2-8(7(13)14,11-5-12)6-9-3-4-10-6/h3-5H,2H2,1H3,(H,9,10)(H,11,12)(H,13,14). The number of nitrogens with zero attached hydrogens (tertiary/aromatic N) is 1. The summed E-state index contributed by atoms with van der Waals surface area (Å²) in [5.74, 6) is -0.915. The smallest absolute Gasteiger partial charge is 0.337 e. The molecule has 3 N–H and O–H groups in total. The van der Waals surface area contributed by atoms with E-state index < -0.39 is 11.5 Å². The molecule has 0 aromatic carbocycles. The summed E-state index contributed by atoms with van der Waals surface area (Å²) in [5.41, 5.74) is -1.45. The van der Waals surface area contributed by atoms with E-state index in [1.807, 2.05) is 0 Å². The third-order valence-electron chi connectivity index (χ3n) is 2.10. The van der Waals surface area contributed by atoms with Gasteiger partial charge in [-0.25, -0.2) is 9.78 Å². The van der Waals surface area contributed by atoms with Gasteiger partial charge in [0.25, 0.3) is 0 Å². The molecule has 1 atom stereocenters. The molecule has 0 aliphatic rings. The molecule has 0 aliphatic heterocycles. The van der Waals surface area contributed by atoms with Crippen LogP contribution in [0.1, 0.15) is 19.2 Å². The molecule has 1 rings (SSSR count). The Morgan fingerprint density at radius 2 is 2.57 bits per heavy atom. The van der Waals surface area contributed by atoms with Gasteiger partial charge in [0.1, 0.15) is 5.82 Å². The predicted octanol–water partition coefficient (Wildman–Crippen LogP) is -0.154. The van der Waals surface area contributed by atoms with Crippen molar-refractivity contribution in [2.45, 2.75) is 18.9 Å². The lowest BCUT2D eigenvalue weighted by atomic mass is 9.96. The second-order valence-corrected chi connectivity index (χ2v) is 2.76. The molecule has 1 amide bonds. The number of rotatable bonds is 5. The largest absolute Gasteiger partial charge is 0.479 e. The summed E-state index contributed by atoms with van der Waals surface area (Å²) in [6.45, 7) is 1.66. The number of amides is 1. The number of imidazole rings is 1. The first-order valence-corrected chi connectivity index (χ1v) is 4.12. The Balaban J connectivity index is 3.13. The average Bonchev–Trinajstić information content (AvgIpc) is 2.66. The fraction of sp³-hybridized carbons (Fsp3) is 0.375. The molecule has 0 saturated carbocycles. The van der Waals surface area contributed by atoms with Crippen molar-refractivity contribution in [2.75, 3.05) is 0 Å². The van der Waals surface area contributed by atoms with Gasteiger partial charge < -0.3 is 15.4 Å². The van der Waals surface area contributed by atoms with E-state index in [0.717, 1.165) is 0 Å². The first kappa shape index (κ1) is 10.2. The molecular weight excluding hydrogens is 186 g/mol. The fourth-order valence-electron chi connectivity index (χ4n) is 1.25. The zero-order chi connectivity index (χ0) is 10.6. The molecule has 14 heavy (non-hydrogen) atoms. The molecule has 0 saturated heterocycles. The topological polar surface area (TPSA) is 95.1 Å². The normalized spacial score (nSPS) is 14.4. The maximum Gasteiger partial charge on any atom is 0.337 e. The zero-order valence-corrected chi connectivity index (χ0v) is 7.65. The number of H-pyrrole nitrogens is 1. The maximum atomic E-state index is 11.1. The fourth-order valence-corrected chi connectivity index (χ4v) is 1.25. The van der Waals surface area contributed by atoms with Crippen LogP contribution in [0.2, 0.25) is 0 Å². The van der Waals surface area contributed by atoms with Gasteiger partial charge in [-0.3, -0.25) is 4.79 Å². The highest BCUT2D eigenvalue weighted by atomic mass is 16.4. The molecule has 1 aromatic heterocycles. The maximum absolute atomic E-state index is 11.1. The highest BCUT2D eigenvalue weighted by Gasteiger charge is 2.40. The second-order valence-electron chi connectivity index (χ2n) is 2.76. The summed E-state index contributed by atoms with van der Waals surface area (Å²) < 4.78 is 0. The van der Waals surface area contributed by atoms with E-state index in [1.165, 1.54) is 12.4 Å². The van der Waals surface area contributed by atoms with Gasteiger partial charge in [-0.1, -0.05) is 6.92 Å². The molecule has 6 nitrogen and oxygen atoms in total. The minimum absolute atomic E-state index is 0.217. The van der Waals surface area contributed by atoms with Crippen LogP contribution in [0.15, 0.2) is 12.4 Å². The number of aromatic amines is 1. The monoisotopic (exact) mass is 197 g/mol. The minimum atomic E-state index is -1.45. The van der Waals surface area contributed by atoms with E-state index in [9.17, 15) is 9.59 Å². The van der Waals surface area contributed by atoms with Gasteiger partial charge in [0, 0.05) is 12.4 Å². The number of carbonyl (C=O) groups is 2. The van der Waals surface area contributed by atoms with E-state index >= 15 is 0 Å². The van der Waals surface area contributed by atoms with Crippen LogP contribution in [0, 0.1) is 0 Å². The first-order valence-electron chi connectivity index (χ1n) is 4.12. The first-order chi connectivity index (χ1) is 6.67. The van der Waals surface area contributed by atoms with E-state index in [0.29, 0.717) is 6.41 Å². The Hall–Kier alpha value is -1.85. The van der Waals surface area contributed by atoms with Crippen molar-refractivity contribution in [3.63, 3.8) is 0 Å². The van der Waals surface area contributed by atoms with Crippen LogP contribution < -0.4 is 5.32 Å². The van der Waals surface area contributed by atoms with Crippen molar-refractivity contribution in [2.24, 2.45) is 0 Å². The lowest BCUT2D eigenvalue weighted by Crippen LogP contribution is -2.49. The SMILES string of the molecule is CCC(NC=O)(C(=O)O)c1ncc[nH]1. The molecule has 0 radical (unpaired) electrons. The Morgan fingerprint density at radius 3 is 2.93 bits per heavy atom. The number of hydrogen-bond donors (Lipinski definition) is 3. The van der Waals surface area contributed by atoms with Crippen molar-refractivity contribution in [1.29, 1.82) is 0 Å². The molecular formula is C8H11N3O3. The quantitative estimate of drug-likeness (QED) is 0.572. The summed E-state index contributed by atoms with van der Waals surface area (Å²) >= 11 is 0. The highest BCUT2D eigenvalue weighted by Crippen LogP contribution is 2.21. The Labute approximate surface area is 80.4 Å². The molecule has 0 bridgehead atoms. The number of hydrogen-bond acceptors (Lipinski definition) is 3. The molecule has 1 heterocycles. The number of nitrogens with one attached hydrogen (secondary N) is 2. The lowest BCUT2D eigenvalue weighted by molar-refractivity contribution is -0.147. The van der Waals surface area contributed by atoms with Crippen molar-refractivity contribution in [3.05, 3.63) is 18.2 Å². The van der Waals surface area contributed by atoms with Gasteiger partial charge in [-0.15, -0.1) is 0 Å². The summed E-state index contributed by atoms with van der Waals surface area (Å²) in [4.78, 5) is 27.9. The van der Waals surface area contributed by atoms with Crippen molar-refractivity contribution >= 4 is 12.4 Å². The van der Waals surface area contributed by atoms with Crippen molar-refractivity contribution < 1.29 is 14.7 Å². The van der Waals surface area contributed by atoms with Crippen LogP contribution in [0.5, 0.6) is 0 Å². The highest BCUT2D eigenvalue weighted by molar-refractivity contribution is 5.82. The lowest BCUT2D eigenvalue weighted by Gasteiger charge is -2.24. The van der Waals surface area contributed by atoms with Gasteiger partial charge in [0.2, 0.25) is 6.41 Å². The van der Waals surface area contributed by atoms with Gasteiger partial charge in [0.15, 0.2) is 5.54 Å². The van der Waals surface area contributed by atoms with Crippen LogP contribution >= 0.6 is 0 Å². The van der Waals surface area contributed by atoms with Crippen molar-refractivity contribution in [3.8, 4) is 0 Å². The van der Waals surface area contributed by atoms with Crippen LogP contribution in [0.25, 0.3) is 0 Å². The third-order valence-corrected chi connectivity index (χ3v) is 2.10. The van der Waals surface area contributed by atoms with Gasteiger partial charge in [0.05, 0.1) is 0 Å². The van der Waals surface area contributed by atoms with E-state index in [4.69, 9.17) is 5.11 Å². The van der Waals surface area contributed by atoms with Gasteiger partial charge >= 0.3 is 5.97 Å². The van der Waals surface area contributed by atoms with E-state index in [2.05, 4.69) is 15.3 Å². The van der Waals surface area contributed by atoms with Crippen LogP contribution in [-0.4, -0.2) is 27.5 Å². The molecule has 0 fully saturated rings. The molecule has 0 aliphatic carbocycles. The van der Waals surface area contributed by atoms with Crippen LogP contribution in [-0.2, 0) is 15.1 Å². The van der Waals surface area contributed by atoms with E-state index in [1.54, 1.807) is 6.92 Å². The second kappa shape index (κ2) is 3.91. The average molecular weight is 197 g/mol. The minimum Gasteiger partial charge on any atom is -0.479 e. The predicted molar refractivity (Wildman–Crippen MR) is 47.4 cm³/mol. The summed E-state index contributed by atoms with van der Waals surface area (Å²) in [5, 5.41) is 11.3. The summed E-state index contributed by atoms with van der Waals surface area (Å²) in [6.07, 6.45) is 3.53. The molecule has 1 unspecified atom stereocenters. The number of aromatic nitrogens is 2. The summed E-state index contributed by atoms with van der Waals surface area (Å²) in [6, 6.07) is 0. The number of carboxylic acids is 1. The molecule has 1 aromatic rings. The Bertz CT molecular complexity index is 323. The third kappa shape index (κ3) is 1.46. The summed E-state index contributed by atoms with van der Waals surface area (Å²) in [7, 11) is 0. The number of carbonyl (C=O) groups excluding carboxylic acids is 1. The number of carboxylic acid groups (broad SMARTS) is 1. The van der Waals surface area contributed by atoms with Gasteiger partial charge in [-0.05, 0) is 6.42 Å². The van der Waals surface area contributed by atoms with Crippen molar-refractivity contribution in [1.82, 2.24) is 15.3 Å².